The zero-order valence-electron chi connectivity index (χ0n) is 17.0. The minimum absolute atomic E-state index is 0.00926. The zero-order chi connectivity index (χ0) is 20.7. The van der Waals surface area contributed by atoms with Crippen molar-refractivity contribution >= 4 is 23.2 Å². The predicted octanol–water partition coefficient (Wildman–Crippen LogP) is 4.11. The minimum Gasteiger partial charge on any atom is -0.481 e. The van der Waals surface area contributed by atoms with E-state index in [1.165, 1.54) is 7.11 Å². The average molecular weight is 384 g/mol. The number of ether oxygens (including phenoxy) is 2. The smallest absolute Gasteiger partial charge is 0.265 e. The number of rotatable bonds is 8. The SMILES string of the molecule is COCC(=O)Nc1ccc(NC(=O)C(C)Oc2cc(C)ccc2C(C)C)cc1. The quantitative estimate of drug-likeness (QED) is 0.718. The van der Waals surface area contributed by atoms with Gasteiger partial charge < -0.3 is 20.1 Å². The summed E-state index contributed by atoms with van der Waals surface area (Å²) < 4.78 is 10.7. The van der Waals surface area contributed by atoms with Crippen LogP contribution in [0.2, 0.25) is 0 Å². The molecule has 150 valence electrons. The van der Waals surface area contributed by atoms with Gasteiger partial charge in [-0.2, -0.15) is 0 Å². The fourth-order valence-electron chi connectivity index (χ4n) is 2.67. The molecule has 1 atom stereocenters. The lowest BCUT2D eigenvalue weighted by Crippen LogP contribution is -2.30. The first-order valence-electron chi connectivity index (χ1n) is 9.27. The highest BCUT2D eigenvalue weighted by Crippen LogP contribution is 2.28. The largest absolute Gasteiger partial charge is 0.481 e. The molecule has 0 heterocycles. The molecule has 0 fully saturated rings. The number of hydrogen-bond donors (Lipinski definition) is 2. The van der Waals surface area contributed by atoms with Gasteiger partial charge in [0.1, 0.15) is 12.4 Å². The molecule has 2 amide bonds. The summed E-state index contributed by atoms with van der Waals surface area (Å²) in [5.74, 6) is 0.549. The number of nitrogens with one attached hydrogen (secondary N) is 2. The first-order chi connectivity index (χ1) is 13.3. The highest BCUT2D eigenvalue weighted by molar-refractivity contribution is 5.95. The molecule has 0 bridgehead atoms. The van der Waals surface area contributed by atoms with Crippen LogP contribution in [0, 0.1) is 6.92 Å². The van der Waals surface area contributed by atoms with E-state index < -0.39 is 6.10 Å². The van der Waals surface area contributed by atoms with Crippen molar-refractivity contribution in [3.05, 3.63) is 53.6 Å². The van der Waals surface area contributed by atoms with Gasteiger partial charge in [-0.05, 0) is 61.2 Å². The summed E-state index contributed by atoms with van der Waals surface area (Å²) in [6.07, 6.45) is -0.652. The highest BCUT2D eigenvalue weighted by Gasteiger charge is 2.18. The number of benzene rings is 2. The maximum atomic E-state index is 12.5. The fourth-order valence-corrected chi connectivity index (χ4v) is 2.67. The maximum Gasteiger partial charge on any atom is 0.265 e. The number of methoxy groups -OCH3 is 1. The van der Waals surface area contributed by atoms with Crippen molar-refractivity contribution in [2.75, 3.05) is 24.4 Å². The van der Waals surface area contributed by atoms with E-state index in [9.17, 15) is 9.59 Å². The van der Waals surface area contributed by atoms with Crippen LogP contribution in [0.15, 0.2) is 42.5 Å². The Labute approximate surface area is 166 Å². The van der Waals surface area contributed by atoms with Gasteiger partial charge in [-0.15, -0.1) is 0 Å². The van der Waals surface area contributed by atoms with Crippen LogP contribution in [-0.4, -0.2) is 31.6 Å². The van der Waals surface area contributed by atoms with Crippen molar-refractivity contribution in [3.8, 4) is 5.75 Å². The molecule has 0 aliphatic carbocycles. The van der Waals surface area contributed by atoms with Crippen molar-refractivity contribution in [3.63, 3.8) is 0 Å². The summed E-state index contributed by atoms with van der Waals surface area (Å²) >= 11 is 0. The molecule has 1 unspecified atom stereocenters. The Hall–Kier alpha value is -2.86. The molecule has 0 saturated heterocycles. The summed E-state index contributed by atoms with van der Waals surface area (Å²) in [5.41, 5.74) is 3.41. The molecule has 2 aromatic rings. The van der Waals surface area contributed by atoms with Crippen LogP contribution in [0.25, 0.3) is 0 Å². The van der Waals surface area contributed by atoms with Crippen LogP contribution >= 0.6 is 0 Å². The number of carbonyl (C=O) groups excluding carboxylic acids is 2. The molecule has 0 aliphatic heterocycles. The molecule has 0 aromatic heterocycles. The van der Waals surface area contributed by atoms with Gasteiger partial charge in [0, 0.05) is 18.5 Å². The third-order valence-corrected chi connectivity index (χ3v) is 4.18. The molecule has 28 heavy (non-hydrogen) atoms. The van der Waals surface area contributed by atoms with Crippen LogP contribution in [0.4, 0.5) is 11.4 Å². The van der Waals surface area contributed by atoms with E-state index in [0.717, 1.165) is 16.9 Å². The number of anilines is 2. The monoisotopic (exact) mass is 384 g/mol. The van der Waals surface area contributed by atoms with Crippen LogP contribution in [0.1, 0.15) is 37.8 Å². The van der Waals surface area contributed by atoms with Crippen LogP contribution in [0.3, 0.4) is 0 Å². The molecule has 6 nitrogen and oxygen atoms in total. The molecule has 0 spiro atoms. The zero-order valence-corrected chi connectivity index (χ0v) is 17.0. The van der Waals surface area contributed by atoms with Gasteiger partial charge in [-0.3, -0.25) is 9.59 Å². The lowest BCUT2D eigenvalue weighted by Gasteiger charge is -2.19. The summed E-state index contributed by atoms with van der Waals surface area (Å²) in [4.78, 5) is 24.0. The molecule has 0 aliphatic rings. The lowest BCUT2D eigenvalue weighted by molar-refractivity contribution is -0.122. The van der Waals surface area contributed by atoms with E-state index in [1.807, 2.05) is 25.1 Å². The third-order valence-electron chi connectivity index (χ3n) is 4.18. The number of carbonyl (C=O) groups is 2. The van der Waals surface area contributed by atoms with Crippen molar-refractivity contribution < 1.29 is 19.1 Å². The predicted molar refractivity (Wildman–Crippen MR) is 111 cm³/mol. The van der Waals surface area contributed by atoms with Crippen molar-refractivity contribution in [2.45, 2.75) is 39.7 Å². The molecule has 2 aromatic carbocycles. The van der Waals surface area contributed by atoms with Crippen molar-refractivity contribution in [1.29, 1.82) is 0 Å². The van der Waals surface area contributed by atoms with Crippen molar-refractivity contribution in [1.82, 2.24) is 0 Å². The molecule has 0 saturated carbocycles. The Morgan fingerprint density at radius 1 is 0.964 bits per heavy atom. The third kappa shape index (κ3) is 6.09. The second-order valence-electron chi connectivity index (χ2n) is 7.00. The van der Waals surface area contributed by atoms with Crippen molar-refractivity contribution in [2.24, 2.45) is 0 Å². The summed E-state index contributed by atoms with van der Waals surface area (Å²) in [6.45, 7) is 7.89. The second kappa shape index (κ2) is 9.90. The molecule has 2 rings (SSSR count). The van der Waals surface area contributed by atoms with Gasteiger partial charge in [0.25, 0.3) is 5.91 Å². The van der Waals surface area contributed by atoms with E-state index in [-0.39, 0.29) is 18.4 Å². The average Bonchev–Trinajstić information content (AvgIpc) is 2.63. The highest BCUT2D eigenvalue weighted by atomic mass is 16.5. The minimum atomic E-state index is -0.652. The Kier molecular flexibility index (Phi) is 7.58. The van der Waals surface area contributed by atoms with Gasteiger partial charge in [-0.25, -0.2) is 0 Å². The van der Waals surface area contributed by atoms with Gasteiger partial charge in [0.05, 0.1) is 0 Å². The van der Waals surface area contributed by atoms with Crippen LogP contribution < -0.4 is 15.4 Å². The Balaban J connectivity index is 1.99. The molecular formula is C22H28N2O4. The molecule has 6 heteroatoms. The van der Waals surface area contributed by atoms with Gasteiger partial charge in [0.2, 0.25) is 5.91 Å². The first-order valence-corrected chi connectivity index (χ1v) is 9.27. The Bertz CT molecular complexity index is 816. The van der Waals surface area contributed by atoms with E-state index in [0.29, 0.717) is 17.3 Å². The van der Waals surface area contributed by atoms with E-state index in [2.05, 4.69) is 24.5 Å². The normalized spacial score (nSPS) is 11.8. The Morgan fingerprint density at radius 3 is 2.14 bits per heavy atom. The summed E-state index contributed by atoms with van der Waals surface area (Å²) in [5, 5.41) is 5.53. The van der Waals surface area contributed by atoms with E-state index in [1.54, 1.807) is 31.2 Å². The fraction of sp³-hybridized carbons (Fsp3) is 0.364. The second-order valence-corrected chi connectivity index (χ2v) is 7.00. The van der Waals surface area contributed by atoms with Gasteiger partial charge in [0.15, 0.2) is 6.10 Å². The van der Waals surface area contributed by atoms with Crippen LogP contribution in [-0.2, 0) is 14.3 Å². The molecule has 0 radical (unpaired) electrons. The number of aryl methyl sites for hydroxylation is 1. The topological polar surface area (TPSA) is 76.7 Å². The molecule has 2 N–H and O–H groups in total. The first kappa shape index (κ1) is 21.4. The van der Waals surface area contributed by atoms with Gasteiger partial charge >= 0.3 is 0 Å². The van der Waals surface area contributed by atoms with E-state index in [4.69, 9.17) is 9.47 Å². The van der Waals surface area contributed by atoms with Crippen LogP contribution in [0.5, 0.6) is 5.75 Å². The molecular weight excluding hydrogens is 356 g/mol. The maximum absolute atomic E-state index is 12.5. The van der Waals surface area contributed by atoms with E-state index >= 15 is 0 Å². The number of amides is 2. The van der Waals surface area contributed by atoms with Gasteiger partial charge in [-0.1, -0.05) is 26.0 Å². The standard InChI is InChI=1S/C22H28N2O4/c1-14(2)19-11-6-15(3)12-20(19)28-16(4)22(26)24-18-9-7-17(8-10-18)23-21(25)13-27-5/h6-12,14,16H,13H2,1-5H3,(H,23,25)(H,24,26). The summed E-state index contributed by atoms with van der Waals surface area (Å²) in [7, 11) is 1.46. The number of hydrogen-bond acceptors (Lipinski definition) is 4. The lowest BCUT2D eigenvalue weighted by atomic mass is 10.0. The summed E-state index contributed by atoms with van der Waals surface area (Å²) in [6, 6.07) is 12.9. The Morgan fingerprint density at radius 2 is 1.57 bits per heavy atom.